The Labute approximate surface area is 144 Å². The zero-order chi connectivity index (χ0) is 16.7. The predicted octanol–water partition coefficient (Wildman–Crippen LogP) is 3.17. The zero-order valence-corrected chi connectivity index (χ0v) is 15.2. The molecule has 0 fully saturated rings. The summed E-state index contributed by atoms with van der Waals surface area (Å²) >= 11 is 3.12. The zero-order valence-electron chi connectivity index (χ0n) is 13.5. The number of anilines is 1. The molecule has 1 heterocycles. The molecule has 2 rings (SSSR count). The van der Waals surface area contributed by atoms with Gasteiger partial charge in [0.15, 0.2) is 0 Å². The smallest absolute Gasteiger partial charge is 0.225 e. The first-order chi connectivity index (χ1) is 11.1. The Kier molecular flexibility index (Phi) is 6.91. The minimum Gasteiger partial charge on any atom is -0.325 e. The first kappa shape index (κ1) is 17.8. The van der Waals surface area contributed by atoms with E-state index in [1.165, 1.54) is 11.8 Å². The van der Waals surface area contributed by atoms with Gasteiger partial charge in [0.2, 0.25) is 11.1 Å². The van der Waals surface area contributed by atoms with Crippen LogP contribution >= 0.6 is 23.5 Å². The summed E-state index contributed by atoms with van der Waals surface area (Å²) in [6.45, 7) is 5.02. The lowest BCUT2D eigenvalue weighted by molar-refractivity contribution is -0.115. The number of hydrogen-bond acceptors (Lipinski definition) is 6. The van der Waals surface area contributed by atoms with Gasteiger partial charge in [0.1, 0.15) is 0 Å². The van der Waals surface area contributed by atoms with Gasteiger partial charge in [-0.15, -0.1) is 16.9 Å². The van der Waals surface area contributed by atoms with Crippen molar-refractivity contribution in [3.63, 3.8) is 0 Å². The standard InChI is InChI=1S/C15H21N5OS2/c1-11(2)10-20-15(17-18-19-20)23-9-8-14(21)16-12-6-4-5-7-13(12)22-3/h4-7,11H,8-10H2,1-3H3,(H,16,21). The molecule has 1 N–H and O–H groups in total. The van der Waals surface area contributed by atoms with Crippen molar-refractivity contribution in [2.24, 2.45) is 5.92 Å². The molecule has 6 nitrogen and oxygen atoms in total. The molecule has 0 aliphatic heterocycles. The summed E-state index contributed by atoms with van der Waals surface area (Å²) in [7, 11) is 0. The highest BCUT2D eigenvalue weighted by Crippen LogP contribution is 2.25. The average Bonchev–Trinajstić information content (AvgIpc) is 2.94. The van der Waals surface area contributed by atoms with Crippen LogP contribution in [0.25, 0.3) is 0 Å². The first-order valence-corrected chi connectivity index (χ1v) is 9.63. The highest BCUT2D eigenvalue weighted by Gasteiger charge is 2.10. The quantitative estimate of drug-likeness (QED) is 0.737. The number of carbonyl (C=O) groups excluding carboxylic acids is 1. The number of carbonyl (C=O) groups is 1. The van der Waals surface area contributed by atoms with Gasteiger partial charge >= 0.3 is 0 Å². The lowest BCUT2D eigenvalue weighted by Crippen LogP contribution is -2.13. The summed E-state index contributed by atoms with van der Waals surface area (Å²) in [4.78, 5) is 13.1. The monoisotopic (exact) mass is 351 g/mol. The topological polar surface area (TPSA) is 72.7 Å². The number of rotatable bonds is 8. The maximum atomic E-state index is 12.1. The highest BCUT2D eigenvalue weighted by molar-refractivity contribution is 7.99. The molecule has 1 aromatic carbocycles. The van der Waals surface area contributed by atoms with Crippen molar-refractivity contribution in [2.45, 2.75) is 36.9 Å². The number of benzene rings is 1. The molecule has 8 heteroatoms. The summed E-state index contributed by atoms with van der Waals surface area (Å²) in [5, 5.41) is 15.4. The minimum atomic E-state index is 0.00174. The molecule has 0 bridgehead atoms. The van der Waals surface area contributed by atoms with Gasteiger partial charge in [0, 0.05) is 23.6 Å². The van der Waals surface area contributed by atoms with E-state index in [4.69, 9.17) is 0 Å². The fourth-order valence-corrected chi connectivity index (χ4v) is 3.33. The summed E-state index contributed by atoms with van der Waals surface area (Å²) in [5.41, 5.74) is 0.861. The van der Waals surface area contributed by atoms with Gasteiger partial charge in [-0.05, 0) is 34.7 Å². The molecule has 0 saturated heterocycles. The van der Waals surface area contributed by atoms with Gasteiger partial charge in [0.25, 0.3) is 0 Å². The van der Waals surface area contributed by atoms with Crippen LogP contribution in [0.5, 0.6) is 0 Å². The Balaban J connectivity index is 1.82. The number of nitrogens with zero attached hydrogens (tertiary/aromatic N) is 4. The molecule has 0 aliphatic carbocycles. The summed E-state index contributed by atoms with van der Waals surface area (Å²) in [5.74, 6) is 1.12. The van der Waals surface area contributed by atoms with Crippen molar-refractivity contribution in [3.8, 4) is 0 Å². The Morgan fingerprint density at radius 2 is 2.13 bits per heavy atom. The van der Waals surface area contributed by atoms with E-state index in [-0.39, 0.29) is 5.91 Å². The molecular formula is C15H21N5OS2. The van der Waals surface area contributed by atoms with Crippen molar-refractivity contribution in [1.29, 1.82) is 0 Å². The lowest BCUT2D eigenvalue weighted by atomic mass is 10.2. The molecule has 0 spiro atoms. The fraction of sp³-hybridized carbons (Fsp3) is 0.467. The molecule has 1 aromatic heterocycles. The van der Waals surface area contributed by atoms with E-state index in [9.17, 15) is 4.79 Å². The van der Waals surface area contributed by atoms with Crippen LogP contribution in [0.15, 0.2) is 34.3 Å². The number of amides is 1. The van der Waals surface area contributed by atoms with Crippen molar-refractivity contribution in [1.82, 2.24) is 20.2 Å². The van der Waals surface area contributed by atoms with Crippen LogP contribution in [0.4, 0.5) is 5.69 Å². The lowest BCUT2D eigenvalue weighted by Gasteiger charge is -2.09. The normalized spacial score (nSPS) is 11.0. The largest absolute Gasteiger partial charge is 0.325 e. The number of nitrogens with one attached hydrogen (secondary N) is 1. The van der Waals surface area contributed by atoms with Crippen LogP contribution in [0.1, 0.15) is 20.3 Å². The summed E-state index contributed by atoms with van der Waals surface area (Å²) in [6, 6.07) is 7.80. The number of para-hydroxylation sites is 1. The maximum absolute atomic E-state index is 12.1. The van der Waals surface area contributed by atoms with Crippen molar-refractivity contribution in [3.05, 3.63) is 24.3 Å². The summed E-state index contributed by atoms with van der Waals surface area (Å²) < 4.78 is 1.79. The molecular weight excluding hydrogens is 330 g/mol. The van der Waals surface area contributed by atoms with Gasteiger partial charge in [0.05, 0.1) is 5.69 Å². The molecule has 0 atom stereocenters. The van der Waals surface area contributed by atoms with Crippen LogP contribution < -0.4 is 5.32 Å². The number of thioether (sulfide) groups is 2. The third-order valence-corrected chi connectivity index (χ3v) is 4.73. The van der Waals surface area contributed by atoms with Crippen LogP contribution in [0, 0.1) is 5.92 Å². The second-order valence-electron chi connectivity index (χ2n) is 5.38. The third-order valence-electron chi connectivity index (χ3n) is 2.98. The fourth-order valence-electron chi connectivity index (χ4n) is 1.96. The Bertz CT molecular complexity index is 644. The van der Waals surface area contributed by atoms with E-state index in [2.05, 4.69) is 34.7 Å². The first-order valence-electron chi connectivity index (χ1n) is 7.42. The van der Waals surface area contributed by atoms with Crippen LogP contribution in [0.2, 0.25) is 0 Å². The maximum Gasteiger partial charge on any atom is 0.225 e. The van der Waals surface area contributed by atoms with E-state index in [0.717, 1.165) is 22.3 Å². The highest BCUT2D eigenvalue weighted by atomic mass is 32.2. The molecule has 0 radical (unpaired) electrons. The van der Waals surface area contributed by atoms with Gasteiger partial charge in [-0.1, -0.05) is 37.7 Å². The molecule has 124 valence electrons. The molecule has 0 saturated carbocycles. The molecule has 0 aliphatic rings. The number of aromatic nitrogens is 4. The van der Waals surface area contributed by atoms with Crippen molar-refractivity contribution < 1.29 is 4.79 Å². The Hall–Kier alpha value is -1.54. The SMILES string of the molecule is CSc1ccccc1NC(=O)CCSc1nnnn1CC(C)C. The Morgan fingerprint density at radius 1 is 1.35 bits per heavy atom. The van der Waals surface area contributed by atoms with Crippen LogP contribution in [-0.2, 0) is 11.3 Å². The van der Waals surface area contributed by atoms with E-state index < -0.39 is 0 Å². The van der Waals surface area contributed by atoms with Crippen molar-refractivity contribution >= 4 is 35.1 Å². The van der Waals surface area contributed by atoms with E-state index in [1.807, 2.05) is 30.5 Å². The van der Waals surface area contributed by atoms with E-state index >= 15 is 0 Å². The minimum absolute atomic E-state index is 0.00174. The van der Waals surface area contributed by atoms with Crippen LogP contribution in [-0.4, -0.2) is 38.1 Å². The van der Waals surface area contributed by atoms with E-state index in [1.54, 1.807) is 16.4 Å². The second kappa shape index (κ2) is 8.93. The van der Waals surface area contributed by atoms with Gasteiger partial charge in [-0.2, -0.15) is 0 Å². The Morgan fingerprint density at radius 3 is 2.87 bits per heavy atom. The summed E-state index contributed by atoms with van der Waals surface area (Å²) in [6.07, 6.45) is 2.41. The van der Waals surface area contributed by atoms with Crippen LogP contribution in [0.3, 0.4) is 0 Å². The predicted molar refractivity (Wildman–Crippen MR) is 94.8 cm³/mol. The van der Waals surface area contributed by atoms with Crippen molar-refractivity contribution in [2.75, 3.05) is 17.3 Å². The number of tetrazole rings is 1. The molecule has 23 heavy (non-hydrogen) atoms. The van der Waals surface area contributed by atoms with Gasteiger partial charge in [-0.25, -0.2) is 4.68 Å². The average molecular weight is 352 g/mol. The second-order valence-corrected chi connectivity index (χ2v) is 7.29. The molecule has 2 aromatic rings. The molecule has 1 amide bonds. The third kappa shape index (κ3) is 5.54. The number of hydrogen-bond donors (Lipinski definition) is 1. The molecule has 0 unspecified atom stereocenters. The van der Waals surface area contributed by atoms with Gasteiger partial charge in [-0.3, -0.25) is 4.79 Å². The van der Waals surface area contributed by atoms with Gasteiger partial charge < -0.3 is 5.32 Å². The van der Waals surface area contributed by atoms with E-state index in [0.29, 0.717) is 18.1 Å².